The number of sulfonamides is 1. The molecular formula is C21H28N2O4S. The molecule has 2 aromatic rings. The average Bonchev–Trinajstić information content (AvgIpc) is 2.72. The third-order valence-corrected chi connectivity index (χ3v) is 6.17. The number of nitrogens with zero attached hydrogens (tertiary/aromatic N) is 1. The van der Waals surface area contributed by atoms with E-state index in [0.29, 0.717) is 18.9 Å². The van der Waals surface area contributed by atoms with Gasteiger partial charge < -0.3 is 9.47 Å². The van der Waals surface area contributed by atoms with Crippen LogP contribution in [0.2, 0.25) is 0 Å². The van der Waals surface area contributed by atoms with Gasteiger partial charge in [-0.2, -0.15) is 0 Å². The summed E-state index contributed by atoms with van der Waals surface area (Å²) in [6, 6.07) is 17.3. The van der Waals surface area contributed by atoms with E-state index in [0.717, 1.165) is 31.6 Å². The first-order chi connectivity index (χ1) is 13.6. The second-order valence-electron chi connectivity index (χ2n) is 6.93. The van der Waals surface area contributed by atoms with E-state index in [1.54, 1.807) is 31.4 Å². The Morgan fingerprint density at radius 3 is 2.61 bits per heavy atom. The first-order valence-corrected chi connectivity index (χ1v) is 11.2. The van der Waals surface area contributed by atoms with Crippen LogP contribution in [0.15, 0.2) is 54.6 Å². The number of morpholine rings is 1. The molecular weight excluding hydrogens is 376 g/mol. The number of hydrogen-bond acceptors (Lipinski definition) is 5. The lowest BCUT2D eigenvalue weighted by Crippen LogP contribution is -2.39. The summed E-state index contributed by atoms with van der Waals surface area (Å²) in [5, 5.41) is 0. The molecule has 1 saturated heterocycles. The Hall–Kier alpha value is -1.93. The lowest BCUT2D eigenvalue weighted by atomic mass is 10.1. The van der Waals surface area contributed by atoms with Crippen LogP contribution in [0.3, 0.4) is 0 Å². The van der Waals surface area contributed by atoms with Gasteiger partial charge in [0.1, 0.15) is 5.75 Å². The second-order valence-corrected chi connectivity index (χ2v) is 8.73. The molecule has 0 bridgehead atoms. The highest BCUT2D eigenvalue weighted by Crippen LogP contribution is 2.21. The fourth-order valence-electron chi connectivity index (χ4n) is 3.30. The molecule has 0 amide bonds. The van der Waals surface area contributed by atoms with Crippen molar-refractivity contribution < 1.29 is 17.9 Å². The zero-order valence-corrected chi connectivity index (χ0v) is 17.0. The van der Waals surface area contributed by atoms with Crippen molar-refractivity contribution in [2.24, 2.45) is 0 Å². The van der Waals surface area contributed by atoms with Crippen LogP contribution < -0.4 is 9.46 Å². The maximum atomic E-state index is 12.3. The van der Waals surface area contributed by atoms with E-state index in [9.17, 15) is 8.42 Å². The average molecular weight is 405 g/mol. The number of nitrogens with one attached hydrogen (secondary N) is 1. The van der Waals surface area contributed by atoms with E-state index in [2.05, 4.69) is 21.8 Å². The number of ether oxygens (including phenoxy) is 2. The number of rotatable bonds is 9. The lowest BCUT2D eigenvalue weighted by molar-refractivity contribution is -0.0300. The van der Waals surface area contributed by atoms with Gasteiger partial charge in [-0.25, -0.2) is 13.1 Å². The molecule has 0 aliphatic carbocycles. The Labute approximate surface area is 167 Å². The first-order valence-electron chi connectivity index (χ1n) is 9.55. The van der Waals surface area contributed by atoms with Gasteiger partial charge in [-0.3, -0.25) is 4.90 Å². The molecule has 1 aliphatic rings. The summed E-state index contributed by atoms with van der Waals surface area (Å²) in [5.74, 6) is 0.693. The summed E-state index contributed by atoms with van der Waals surface area (Å²) in [5.41, 5.74) is 1.93. The second kappa shape index (κ2) is 10.0. The van der Waals surface area contributed by atoms with Gasteiger partial charge in [0, 0.05) is 19.6 Å². The molecule has 1 atom stereocenters. The van der Waals surface area contributed by atoms with E-state index in [1.807, 2.05) is 18.2 Å². The molecule has 0 spiro atoms. The van der Waals surface area contributed by atoms with Gasteiger partial charge >= 0.3 is 0 Å². The van der Waals surface area contributed by atoms with Gasteiger partial charge in [0.25, 0.3) is 0 Å². The molecule has 1 aliphatic heterocycles. The highest BCUT2D eigenvalue weighted by molar-refractivity contribution is 7.88. The minimum absolute atomic E-state index is 0.0232. The largest absolute Gasteiger partial charge is 0.497 e. The Bertz CT molecular complexity index is 825. The van der Waals surface area contributed by atoms with Crippen LogP contribution >= 0.6 is 0 Å². The maximum Gasteiger partial charge on any atom is 0.215 e. The van der Waals surface area contributed by atoms with Gasteiger partial charge in [-0.1, -0.05) is 42.5 Å². The maximum absolute atomic E-state index is 12.3. The van der Waals surface area contributed by atoms with Crippen molar-refractivity contribution in [2.75, 3.05) is 39.9 Å². The standard InChI is InChI=1S/C21H28N2O4S/c1-26-20-10-8-18(9-11-20)17-28(24,25)22-12-5-13-23-14-15-27-21(16-23)19-6-3-2-4-7-19/h2-4,6-11,21-22H,5,12-17H2,1H3. The third-order valence-electron chi connectivity index (χ3n) is 4.81. The zero-order valence-electron chi connectivity index (χ0n) is 16.2. The van der Waals surface area contributed by atoms with Crippen LogP contribution in [0.5, 0.6) is 5.75 Å². The van der Waals surface area contributed by atoms with E-state index in [1.165, 1.54) is 5.56 Å². The Balaban J connectivity index is 1.40. The molecule has 1 unspecified atom stereocenters. The van der Waals surface area contributed by atoms with Crippen molar-refractivity contribution in [3.8, 4) is 5.75 Å². The van der Waals surface area contributed by atoms with Crippen molar-refractivity contribution in [1.82, 2.24) is 9.62 Å². The van der Waals surface area contributed by atoms with Crippen LogP contribution in [0.4, 0.5) is 0 Å². The third kappa shape index (κ3) is 6.31. The quantitative estimate of drug-likeness (QED) is 0.651. The molecule has 1 heterocycles. The van der Waals surface area contributed by atoms with E-state index in [4.69, 9.17) is 9.47 Å². The van der Waals surface area contributed by atoms with Crippen LogP contribution in [0, 0.1) is 0 Å². The molecule has 1 fully saturated rings. The fraction of sp³-hybridized carbons (Fsp3) is 0.429. The molecule has 0 aromatic heterocycles. The smallest absolute Gasteiger partial charge is 0.215 e. The van der Waals surface area contributed by atoms with Crippen molar-refractivity contribution in [3.05, 3.63) is 65.7 Å². The van der Waals surface area contributed by atoms with E-state index in [-0.39, 0.29) is 11.9 Å². The molecule has 6 nitrogen and oxygen atoms in total. The highest BCUT2D eigenvalue weighted by atomic mass is 32.2. The SMILES string of the molecule is COc1ccc(CS(=O)(=O)NCCCN2CCOC(c3ccccc3)C2)cc1. The summed E-state index contributed by atoms with van der Waals surface area (Å²) in [4.78, 5) is 2.33. The summed E-state index contributed by atoms with van der Waals surface area (Å²) < 4.78 is 38.2. The monoisotopic (exact) mass is 404 g/mol. The molecule has 2 aromatic carbocycles. The van der Waals surface area contributed by atoms with Gasteiger partial charge in [-0.15, -0.1) is 0 Å². The number of methoxy groups -OCH3 is 1. The zero-order chi connectivity index (χ0) is 19.8. The summed E-state index contributed by atoms with van der Waals surface area (Å²) in [6.07, 6.45) is 0.852. The number of benzene rings is 2. The fourth-order valence-corrected chi connectivity index (χ4v) is 4.49. The molecule has 152 valence electrons. The van der Waals surface area contributed by atoms with Gasteiger partial charge in [0.05, 0.1) is 25.6 Å². The molecule has 1 N–H and O–H groups in total. The van der Waals surface area contributed by atoms with Gasteiger partial charge in [0.2, 0.25) is 10.0 Å². The van der Waals surface area contributed by atoms with Gasteiger partial charge in [-0.05, 0) is 36.2 Å². The van der Waals surface area contributed by atoms with Crippen LogP contribution in [0.25, 0.3) is 0 Å². The molecule has 0 saturated carbocycles. The minimum atomic E-state index is -3.34. The minimum Gasteiger partial charge on any atom is -0.497 e. The van der Waals surface area contributed by atoms with Crippen molar-refractivity contribution in [1.29, 1.82) is 0 Å². The molecule has 28 heavy (non-hydrogen) atoms. The molecule has 7 heteroatoms. The van der Waals surface area contributed by atoms with Crippen LogP contribution in [0.1, 0.15) is 23.7 Å². The van der Waals surface area contributed by atoms with Crippen LogP contribution in [-0.2, 0) is 20.5 Å². The number of hydrogen-bond donors (Lipinski definition) is 1. The Morgan fingerprint density at radius 2 is 1.89 bits per heavy atom. The van der Waals surface area contributed by atoms with E-state index < -0.39 is 10.0 Å². The Morgan fingerprint density at radius 1 is 1.14 bits per heavy atom. The lowest BCUT2D eigenvalue weighted by Gasteiger charge is -2.33. The summed E-state index contributed by atoms with van der Waals surface area (Å²) in [6.45, 7) is 3.69. The Kier molecular flexibility index (Phi) is 7.44. The predicted molar refractivity (Wildman–Crippen MR) is 110 cm³/mol. The summed E-state index contributed by atoms with van der Waals surface area (Å²) in [7, 11) is -1.76. The normalized spacial score (nSPS) is 18.1. The van der Waals surface area contributed by atoms with Crippen molar-refractivity contribution in [3.63, 3.8) is 0 Å². The topological polar surface area (TPSA) is 67.9 Å². The van der Waals surface area contributed by atoms with Crippen molar-refractivity contribution >= 4 is 10.0 Å². The first kappa shape index (κ1) is 20.8. The molecule has 0 radical (unpaired) electrons. The van der Waals surface area contributed by atoms with Crippen LogP contribution in [-0.4, -0.2) is 53.2 Å². The van der Waals surface area contributed by atoms with E-state index >= 15 is 0 Å². The van der Waals surface area contributed by atoms with Crippen molar-refractivity contribution in [2.45, 2.75) is 18.3 Å². The summed E-state index contributed by atoms with van der Waals surface area (Å²) >= 11 is 0. The predicted octanol–water partition coefficient (Wildman–Crippen LogP) is 2.58. The molecule has 3 rings (SSSR count). The van der Waals surface area contributed by atoms with Gasteiger partial charge in [0.15, 0.2) is 0 Å². The highest BCUT2D eigenvalue weighted by Gasteiger charge is 2.21.